The molecule has 156 valence electrons. The molecular weight excluding hydrogens is 419 g/mol. The summed E-state index contributed by atoms with van der Waals surface area (Å²) in [6, 6.07) is 11.9. The lowest BCUT2D eigenvalue weighted by Gasteiger charge is -2.34. The Labute approximate surface area is 174 Å². The van der Waals surface area contributed by atoms with Crippen LogP contribution in [-0.2, 0) is 14.8 Å². The lowest BCUT2D eigenvalue weighted by atomic mass is 10.2. The SMILES string of the molecule is O=C(CCCOc1cccc(F)c1)N1CCN(S(=O)(=O)c2ccc(Cl)cc2)CC1. The van der Waals surface area contributed by atoms with Gasteiger partial charge in [0.25, 0.3) is 0 Å². The molecule has 3 rings (SSSR count). The maximum atomic E-state index is 13.1. The molecule has 0 spiro atoms. The largest absolute Gasteiger partial charge is 0.493 e. The maximum Gasteiger partial charge on any atom is 0.243 e. The monoisotopic (exact) mass is 440 g/mol. The number of carbonyl (C=O) groups is 1. The number of carbonyl (C=O) groups excluding carboxylic acids is 1. The summed E-state index contributed by atoms with van der Waals surface area (Å²) in [7, 11) is -3.60. The van der Waals surface area contributed by atoms with Crippen LogP contribution in [0.4, 0.5) is 4.39 Å². The van der Waals surface area contributed by atoms with Gasteiger partial charge in [0.15, 0.2) is 0 Å². The molecule has 1 saturated heterocycles. The minimum Gasteiger partial charge on any atom is -0.493 e. The van der Waals surface area contributed by atoms with Crippen LogP contribution in [0.5, 0.6) is 5.75 Å². The van der Waals surface area contributed by atoms with Crippen molar-refractivity contribution >= 4 is 27.5 Å². The molecule has 0 N–H and O–H groups in total. The quantitative estimate of drug-likeness (QED) is 0.620. The summed E-state index contributed by atoms with van der Waals surface area (Å²) in [6.07, 6.45) is 0.790. The summed E-state index contributed by atoms with van der Waals surface area (Å²) >= 11 is 5.82. The molecule has 0 unspecified atom stereocenters. The van der Waals surface area contributed by atoms with Crippen molar-refractivity contribution in [3.63, 3.8) is 0 Å². The molecule has 0 aliphatic carbocycles. The van der Waals surface area contributed by atoms with E-state index in [9.17, 15) is 17.6 Å². The molecule has 1 aliphatic heterocycles. The highest BCUT2D eigenvalue weighted by atomic mass is 35.5. The average molecular weight is 441 g/mol. The second kappa shape index (κ2) is 9.56. The van der Waals surface area contributed by atoms with Crippen molar-refractivity contribution in [2.75, 3.05) is 32.8 Å². The minimum absolute atomic E-state index is 0.0450. The average Bonchev–Trinajstić information content (AvgIpc) is 2.71. The van der Waals surface area contributed by atoms with Gasteiger partial charge in [0, 0.05) is 43.7 Å². The van der Waals surface area contributed by atoms with Crippen LogP contribution < -0.4 is 4.74 Å². The van der Waals surface area contributed by atoms with E-state index in [0.717, 1.165) is 0 Å². The van der Waals surface area contributed by atoms with Crippen LogP contribution in [0.1, 0.15) is 12.8 Å². The number of piperazine rings is 1. The molecule has 2 aromatic rings. The van der Waals surface area contributed by atoms with Crippen molar-refractivity contribution in [2.45, 2.75) is 17.7 Å². The fourth-order valence-corrected chi connectivity index (χ4v) is 4.61. The number of halogens is 2. The van der Waals surface area contributed by atoms with Gasteiger partial charge >= 0.3 is 0 Å². The van der Waals surface area contributed by atoms with Crippen LogP contribution >= 0.6 is 11.6 Å². The number of hydrogen-bond acceptors (Lipinski definition) is 4. The second-order valence-corrected chi connectivity index (χ2v) is 9.02. The van der Waals surface area contributed by atoms with Crippen molar-refractivity contribution in [1.29, 1.82) is 0 Å². The highest BCUT2D eigenvalue weighted by Crippen LogP contribution is 2.20. The number of ether oxygens (including phenoxy) is 1. The van der Waals surface area contributed by atoms with E-state index in [1.807, 2.05) is 0 Å². The molecule has 29 heavy (non-hydrogen) atoms. The summed E-state index contributed by atoms with van der Waals surface area (Å²) in [5.41, 5.74) is 0. The van der Waals surface area contributed by atoms with Crippen molar-refractivity contribution in [3.05, 3.63) is 59.4 Å². The first-order chi connectivity index (χ1) is 13.9. The normalized spacial score (nSPS) is 15.3. The van der Waals surface area contributed by atoms with E-state index < -0.39 is 10.0 Å². The Morgan fingerprint density at radius 2 is 1.76 bits per heavy atom. The lowest BCUT2D eigenvalue weighted by molar-refractivity contribution is -0.132. The van der Waals surface area contributed by atoms with E-state index in [0.29, 0.717) is 43.3 Å². The van der Waals surface area contributed by atoms with Gasteiger partial charge in [-0.3, -0.25) is 4.79 Å². The Morgan fingerprint density at radius 3 is 2.41 bits per heavy atom. The first-order valence-electron chi connectivity index (χ1n) is 9.28. The van der Waals surface area contributed by atoms with Crippen LogP contribution in [-0.4, -0.2) is 56.3 Å². The van der Waals surface area contributed by atoms with Crippen LogP contribution in [0.15, 0.2) is 53.4 Å². The summed E-state index contributed by atoms with van der Waals surface area (Å²) < 4.78 is 45.3. The van der Waals surface area contributed by atoms with Gasteiger partial charge in [-0.15, -0.1) is 0 Å². The zero-order valence-corrected chi connectivity index (χ0v) is 17.3. The number of amides is 1. The minimum atomic E-state index is -3.60. The zero-order chi connectivity index (χ0) is 20.9. The van der Waals surface area contributed by atoms with Crippen LogP contribution in [0.2, 0.25) is 5.02 Å². The molecule has 2 aromatic carbocycles. The molecule has 1 heterocycles. The predicted octanol–water partition coefficient (Wildman–Crippen LogP) is 3.17. The van der Waals surface area contributed by atoms with Crippen molar-refractivity contribution in [2.24, 2.45) is 0 Å². The standard InChI is InChI=1S/C20H22ClFN2O4S/c21-16-6-8-19(9-7-16)29(26,27)24-12-10-23(11-13-24)20(25)5-2-14-28-18-4-1-3-17(22)15-18/h1,3-4,6-9,15H,2,5,10-14H2. The van der Waals surface area contributed by atoms with Gasteiger partial charge in [0.1, 0.15) is 11.6 Å². The van der Waals surface area contributed by atoms with Gasteiger partial charge in [-0.25, -0.2) is 12.8 Å². The van der Waals surface area contributed by atoms with Gasteiger partial charge < -0.3 is 9.64 Å². The van der Waals surface area contributed by atoms with Crippen molar-refractivity contribution < 1.29 is 22.3 Å². The van der Waals surface area contributed by atoms with Crippen LogP contribution in [0.25, 0.3) is 0 Å². The number of hydrogen-bond donors (Lipinski definition) is 0. The molecule has 1 amide bonds. The molecule has 0 saturated carbocycles. The Kier molecular flexibility index (Phi) is 7.10. The predicted molar refractivity (Wildman–Crippen MR) is 108 cm³/mol. The first kappa shape index (κ1) is 21.5. The third-order valence-electron chi connectivity index (χ3n) is 4.64. The van der Waals surface area contributed by atoms with Gasteiger partial charge in [0.05, 0.1) is 11.5 Å². The summed E-state index contributed by atoms with van der Waals surface area (Å²) in [6.45, 7) is 1.49. The third-order valence-corrected chi connectivity index (χ3v) is 6.81. The fourth-order valence-electron chi connectivity index (χ4n) is 3.06. The topological polar surface area (TPSA) is 66.9 Å². The Hall–Kier alpha value is -2.16. The molecule has 9 heteroatoms. The van der Waals surface area contributed by atoms with E-state index in [-0.39, 0.29) is 29.7 Å². The molecular formula is C20H22ClFN2O4S. The van der Waals surface area contributed by atoms with Gasteiger partial charge in [0.2, 0.25) is 15.9 Å². The highest BCUT2D eigenvalue weighted by Gasteiger charge is 2.29. The summed E-state index contributed by atoms with van der Waals surface area (Å²) in [4.78, 5) is 14.2. The van der Waals surface area contributed by atoms with E-state index in [1.54, 1.807) is 29.2 Å². The van der Waals surface area contributed by atoms with Gasteiger partial charge in [-0.1, -0.05) is 17.7 Å². The van der Waals surface area contributed by atoms with Crippen molar-refractivity contribution in [1.82, 2.24) is 9.21 Å². The number of rotatable bonds is 7. The zero-order valence-electron chi connectivity index (χ0n) is 15.8. The molecule has 0 aromatic heterocycles. The molecule has 0 atom stereocenters. The summed E-state index contributed by atoms with van der Waals surface area (Å²) in [5.74, 6) is 0.0138. The Balaban J connectivity index is 1.44. The van der Waals surface area contributed by atoms with E-state index in [4.69, 9.17) is 16.3 Å². The van der Waals surface area contributed by atoms with Crippen LogP contribution in [0, 0.1) is 5.82 Å². The van der Waals surface area contributed by atoms with Gasteiger partial charge in [-0.2, -0.15) is 4.31 Å². The molecule has 1 fully saturated rings. The smallest absolute Gasteiger partial charge is 0.243 e. The maximum absolute atomic E-state index is 13.1. The summed E-state index contributed by atoms with van der Waals surface area (Å²) in [5, 5.41) is 0.473. The van der Waals surface area contributed by atoms with Crippen molar-refractivity contribution in [3.8, 4) is 5.75 Å². The molecule has 0 bridgehead atoms. The third kappa shape index (κ3) is 5.68. The highest BCUT2D eigenvalue weighted by molar-refractivity contribution is 7.89. The lowest BCUT2D eigenvalue weighted by Crippen LogP contribution is -2.50. The molecule has 0 radical (unpaired) electrons. The number of benzene rings is 2. The van der Waals surface area contributed by atoms with Crippen LogP contribution in [0.3, 0.4) is 0 Å². The Bertz CT molecular complexity index is 945. The number of nitrogens with zero attached hydrogens (tertiary/aromatic N) is 2. The molecule has 1 aliphatic rings. The van der Waals surface area contributed by atoms with E-state index >= 15 is 0 Å². The van der Waals surface area contributed by atoms with E-state index in [1.165, 1.54) is 28.6 Å². The molecule has 6 nitrogen and oxygen atoms in total. The number of sulfonamides is 1. The first-order valence-corrected chi connectivity index (χ1v) is 11.1. The van der Waals surface area contributed by atoms with E-state index in [2.05, 4.69) is 0 Å². The fraction of sp³-hybridized carbons (Fsp3) is 0.350. The van der Waals surface area contributed by atoms with Gasteiger partial charge in [-0.05, 0) is 42.8 Å². The Morgan fingerprint density at radius 1 is 1.07 bits per heavy atom. The second-order valence-electron chi connectivity index (χ2n) is 6.65.